The van der Waals surface area contributed by atoms with E-state index in [1.54, 1.807) is 4.90 Å². The molecule has 0 bridgehead atoms. The summed E-state index contributed by atoms with van der Waals surface area (Å²) in [6.45, 7) is 1.14. The molecule has 2 amide bonds. The Morgan fingerprint density at radius 3 is 2.48 bits per heavy atom. The van der Waals surface area contributed by atoms with Gasteiger partial charge in [0.1, 0.15) is 0 Å². The molecule has 3 aliphatic heterocycles. The highest BCUT2D eigenvalue weighted by Crippen LogP contribution is 2.34. The molecule has 3 heterocycles. The van der Waals surface area contributed by atoms with E-state index in [0.717, 1.165) is 16.4 Å². The number of nitrogens with one attached hydrogen (secondary N) is 1. The van der Waals surface area contributed by atoms with E-state index >= 15 is 0 Å². The van der Waals surface area contributed by atoms with Crippen molar-refractivity contribution in [2.24, 2.45) is 16.6 Å². The lowest BCUT2D eigenvalue weighted by Gasteiger charge is -2.30. The summed E-state index contributed by atoms with van der Waals surface area (Å²) < 4.78 is 23.3. The lowest BCUT2D eigenvalue weighted by molar-refractivity contribution is -0.134. The highest BCUT2D eigenvalue weighted by Gasteiger charge is 2.42. The van der Waals surface area contributed by atoms with Gasteiger partial charge in [-0.2, -0.15) is 0 Å². The second-order valence-corrected chi connectivity index (χ2v) is 11.2. The van der Waals surface area contributed by atoms with Gasteiger partial charge in [-0.05, 0) is 30.5 Å². The average molecular weight is 437 g/mol. The van der Waals surface area contributed by atoms with Crippen molar-refractivity contribution in [2.45, 2.75) is 30.6 Å². The number of amidine groups is 1. The number of benzene rings is 1. The Morgan fingerprint density at radius 2 is 1.86 bits per heavy atom. The first-order chi connectivity index (χ1) is 13.8. The molecule has 1 aromatic carbocycles. The number of rotatable bonds is 4. The molecule has 0 radical (unpaired) electrons. The van der Waals surface area contributed by atoms with Crippen LogP contribution in [0.5, 0.6) is 0 Å². The van der Waals surface area contributed by atoms with Gasteiger partial charge in [0.15, 0.2) is 15.0 Å². The number of carbonyl (C=O) groups is 2. The zero-order valence-electron chi connectivity index (χ0n) is 15.9. The molecule has 29 heavy (non-hydrogen) atoms. The van der Waals surface area contributed by atoms with E-state index in [4.69, 9.17) is 5.73 Å². The predicted molar refractivity (Wildman–Crippen MR) is 114 cm³/mol. The minimum absolute atomic E-state index is 0.0121. The van der Waals surface area contributed by atoms with Gasteiger partial charge in [-0.15, -0.1) is 0 Å². The summed E-state index contributed by atoms with van der Waals surface area (Å²) in [6, 6.07) is 7.46. The van der Waals surface area contributed by atoms with Gasteiger partial charge in [-0.1, -0.05) is 23.9 Å². The molecule has 3 N–H and O–H groups in total. The Balaban J connectivity index is 1.29. The molecule has 2 saturated heterocycles. The summed E-state index contributed by atoms with van der Waals surface area (Å²) >= 11 is 1.48. The highest BCUT2D eigenvalue weighted by atomic mass is 32.2. The van der Waals surface area contributed by atoms with E-state index in [1.165, 1.54) is 11.8 Å². The van der Waals surface area contributed by atoms with Crippen LogP contribution in [-0.2, 0) is 25.8 Å². The van der Waals surface area contributed by atoms with Crippen molar-refractivity contribution in [2.75, 3.05) is 29.9 Å². The third kappa shape index (κ3) is 4.75. The fourth-order valence-electron chi connectivity index (χ4n) is 3.95. The van der Waals surface area contributed by atoms with E-state index in [-0.39, 0.29) is 40.5 Å². The molecular weight excluding hydrogens is 412 g/mol. The van der Waals surface area contributed by atoms with Crippen molar-refractivity contribution in [1.29, 1.82) is 0 Å². The van der Waals surface area contributed by atoms with Gasteiger partial charge in [-0.3, -0.25) is 14.6 Å². The standard InChI is InChI=1S/C19H24N4O4S2/c20-18(25)13-5-7-23(8-6-13)17(24)9-12-1-3-14(4-2-12)21-19-22-15-10-29(26,27)11-16(15)28-19/h1-4,13,15-16H,5-11H2,(H2,20,25)(H,21,22)/t15-,16+/m1/s1. The van der Waals surface area contributed by atoms with Crippen LogP contribution in [0.25, 0.3) is 0 Å². The van der Waals surface area contributed by atoms with Gasteiger partial charge in [-0.25, -0.2) is 8.42 Å². The van der Waals surface area contributed by atoms with Crippen molar-refractivity contribution in [3.05, 3.63) is 29.8 Å². The van der Waals surface area contributed by atoms with Crippen molar-refractivity contribution < 1.29 is 18.0 Å². The fraction of sp³-hybridized carbons (Fsp3) is 0.526. The molecule has 4 rings (SSSR count). The normalized spacial score (nSPS) is 26.1. The zero-order valence-corrected chi connectivity index (χ0v) is 17.5. The molecule has 0 spiro atoms. The summed E-state index contributed by atoms with van der Waals surface area (Å²) in [6.07, 6.45) is 1.58. The van der Waals surface area contributed by atoms with Gasteiger partial charge >= 0.3 is 0 Å². The molecule has 3 aliphatic rings. The number of likely N-dealkylation sites (tertiary alicyclic amines) is 1. The number of hydrogen-bond acceptors (Lipinski definition) is 7. The maximum Gasteiger partial charge on any atom is 0.226 e. The molecule has 1 aromatic rings. The number of nitrogens with zero attached hydrogens (tertiary/aromatic N) is 2. The van der Waals surface area contributed by atoms with Gasteiger partial charge in [0.2, 0.25) is 11.8 Å². The van der Waals surface area contributed by atoms with Crippen LogP contribution in [0.15, 0.2) is 29.3 Å². The number of primary amides is 1. The van der Waals surface area contributed by atoms with Gasteiger partial charge in [0.25, 0.3) is 0 Å². The third-order valence-electron chi connectivity index (χ3n) is 5.63. The predicted octanol–water partition coefficient (Wildman–Crippen LogP) is 0.633. The van der Waals surface area contributed by atoms with E-state index < -0.39 is 9.84 Å². The molecule has 0 aromatic heterocycles. The molecule has 2 atom stereocenters. The number of carbonyl (C=O) groups excluding carboxylic acids is 2. The lowest BCUT2D eigenvalue weighted by Crippen LogP contribution is -2.42. The second-order valence-electron chi connectivity index (χ2n) is 7.79. The lowest BCUT2D eigenvalue weighted by atomic mass is 9.96. The molecule has 8 nitrogen and oxygen atoms in total. The largest absolute Gasteiger partial charge is 0.369 e. The monoisotopic (exact) mass is 436 g/mol. The molecular formula is C19H24N4O4S2. The molecule has 156 valence electrons. The second kappa shape index (κ2) is 7.98. The van der Waals surface area contributed by atoms with E-state index in [9.17, 15) is 18.0 Å². The van der Waals surface area contributed by atoms with Crippen molar-refractivity contribution in [3.8, 4) is 0 Å². The van der Waals surface area contributed by atoms with Gasteiger partial charge in [0, 0.05) is 29.9 Å². The van der Waals surface area contributed by atoms with Crippen molar-refractivity contribution in [3.63, 3.8) is 0 Å². The first-order valence-corrected chi connectivity index (χ1v) is 12.4. The van der Waals surface area contributed by atoms with Crippen LogP contribution in [0.2, 0.25) is 0 Å². The quantitative estimate of drug-likeness (QED) is 0.714. The minimum Gasteiger partial charge on any atom is -0.369 e. The summed E-state index contributed by atoms with van der Waals surface area (Å²) in [5, 5.41) is 3.99. The number of aliphatic imine (C=N–C) groups is 1. The Hall–Kier alpha value is -2.07. The van der Waals surface area contributed by atoms with Crippen LogP contribution in [-0.4, -0.2) is 66.2 Å². The van der Waals surface area contributed by atoms with Crippen LogP contribution in [0.3, 0.4) is 0 Å². The number of piperidine rings is 1. The summed E-state index contributed by atoms with van der Waals surface area (Å²) in [5.41, 5.74) is 7.12. The fourth-order valence-corrected chi connectivity index (χ4v) is 7.62. The number of sulfone groups is 1. The van der Waals surface area contributed by atoms with Gasteiger partial charge < -0.3 is 16.0 Å². The van der Waals surface area contributed by atoms with E-state index in [0.29, 0.717) is 32.4 Å². The Morgan fingerprint density at radius 1 is 1.17 bits per heavy atom. The Bertz CT molecular complexity index is 937. The highest BCUT2D eigenvalue weighted by molar-refractivity contribution is 8.15. The molecule has 0 saturated carbocycles. The summed E-state index contributed by atoms with van der Waals surface area (Å²) in [5.74, 6) is -0.0308. The molecule has 0 unspecified atom stereocenters. The third-order valence-corrected chi connectivity index (χ3v) is 8.77. The minimum atomic E-state index is -2.95. The topological polar surface area (TPSA) is 122 Å². The zero-order chi connectivity index (χ0) is 20.6. The van der Waals surface area contributed by atoms with Crippen molar-refractivity contribution >= 4 is 44.3 Å². The number of anilines is 1. The van der Waals surface area contributed by atoms with Gasteiger partial charge in [0.05, 0.1) is 24.0 Å². The van der Waals surface area contributed by atoms with Crippen molar-refractivity contribution in [1.82, 2.24) is 4.90 Å². The maximum absolute atomic E-state index is 12.5. The van der Waals surface area contributed by atoms with Crippen LogP contribution >= 0.6 is 11.8 Å². The molecule has 2 fully saturated rings. The number of thioether (sulfide) groups is 1. The Kier molecular flexibility index (Phi) is 5.56. The maximum atomic E-state index is 12.5. The molecule has 0 aliphatic carbocycles. The van der Waals surface area contributed by atoms with Crippen LogP contribution in [0, 0.1) is 5.92 Å². The number of hydrogen-bond donors (Lipinski definition) is 2. The average Bonchev–Trinajstić information content (AvgIpc) is 3.15. The SMILES string of the molecule is NC(=O)C1CCN(C(=O)Cc2ccc(NC3=N[C@@H]4CS(=O)(=O)C[C@@H]4S3)cc2)CC1. The number of fused-ring (bicyclic) bond motifs is 1. The number of nitrogens with two attached hydrogens (primary N) is 1. The number of amides is 2. The summed E-state index contributed by atoms with van der Waals surface area (Å²) in [4.78, 5) is 30.0. The first-order valence-electron chi connectivity index (χ1n) is 9.67. The Labute approximate surface area is 174 Å². The van der Waals surface area contributed by atoms with E-state index in [1.807, 2.05) is 24.3 Å². The summed E-state index contributed by atoms with van der Waals surface area (Å²) in [7, 11) is -2.95. The molecule has 10 heteroatoms. The smallest absolute Gasteiger partial charge is 0.226 e. The van der Waals surface area contributed by atoms with Crippen LogP contribution in [0.4, 0.5) is 5.69 Å². The first kappa shape index (κ1) is 20.2. The van der Waals surface area contributed by atoms with Crippen LogP contribution in [0.1, 0.15) is 18.4 Å². The van der Waals surface area contributed by atoms with Crippen LogP contribution < -0.4 is 11.1 Å². The van der Waals surface area contributed by atoms with E-state index in [2.05, 4.69) is 10.3 Å².